The summed E-state index contributed by atoms with van der Waals surface area (Å²) < 4.78 is 14.5. The highest BCUT2D eigenvalue weighted by Crippen LogP contribution is 2.16. The van der Waals surface area contributed by atoms with E-state index in [9.17, 15) is 14.3 Å². The van der Waals surface area contributed by atoms with E-state index in [1.54, 1.807) is 25.2 Å². The quantitative estimate of drug-likeness (QED) is 0.889. The van der Waals surface area contributed by atoms with Gasteiger partial charge in [0, 0.05) is 7.05 Å². The fraction of sp³-hybridized carbons (Fsp3) is 0.375. The van der Waals surface area contributed by atoms with Gasteiger partial charge in [-0.3, -0.25) is 9.48 Å². The summed E-state index contributed by atoms with van der Waals surface area (Å²) in [5.41, 5.74) is 1.89. The smallest absolute Gasteiger partial charge is 0.270 e. The van der Waals surface area contributed by atoms with Crippen molar-refractivity contribution in [2.75, 3.05) is 6.61 Å². The highest BCUT2D eigenvalue weighted by atomic mass is 19.1. The van der Waals surface area contributed by atoms with E-state index in [2.05, 4.69) is 10.4 Å². The SMILES string of the molecule is CC(C)c1cc(C(=O)NC(CO)c2ccc(F)cc2)n(C)n1. The summed E-state index contributed by atoms with van der Waals surface area (Å²) in [5.74, 6) is -0.469. The van der Waals surface area contributed by atoms with Crippen molar-refractivity contribution >= 4 is 5.91 Å². The second kappa shape index (κ2) is 6.70. The van der Waals surface area contributed by atoms with E-state index in [-0.39, 0.29) is 24.2 Å². The van der Waals surface area contributed by atoms with Gasteiger partial charge in [-0.15, -0.1) is 0 Å². The molecule has 2 N–H and O–H groups in total. The minimum atomic E-state index is -0.592. The van der Waals surface area contributed by atoms with Crippen LogP contribution in [0.4, 0.5) is 4.39 Å². The first-order valence-corrected chi connectivity index (χ1v) is 7.13. The van der Waals surface area contributed by atoms with E-state index in [4.69, 9.17) is 0 Å². The second-order valence-electron chi connectivity index (χ2n) is 5.49. The fourth-order valence-corrected chi connectivity index (χ4v) is 2.15. The molecule has 0 spiro atoms. The highest BCUT2D eigenvalue weighted by molar-refractivity contribution is 5.93. The minimum absolute atomic E-state index is 0.221. The van der Waals surface area contributed by atoms with Crippen LogP contribution in [0.15, 0.2) is 30.3 Å². The monoisotopic (exact) mass is 305 g/mol. The van der Waals surface area contributed by atoms with Crippen LogP contribution in [0.25, 0.3) is 0 Å². The number of carbonyl (C=O) groups excluding carboxylic acids is 1. The maximum Gasteiger partial charge on any atom is 0.270 e. The van der Waals surface area contributed by atoms with Crippen LogP contribution in [-0.2, 0) is 7.05 Å². The summed E-state index contributed by atoms with van der Waals surface area (Å²) in [6.07, 6.45) is 0. The van der Waals surface area contributed by atoms with Gasteiger partial charge in [0.15, 0.2) is 0 Å². The first kappa shape index (κ1) is 16.2. The summed E-state index contributed by atoms with van der Waals surface area (Å²) >= 11 is 0. The lowest BCUT2D eigenvalue weighted by Gasteiger charge is -2.16. The molecule has 6 heteroatoms. The number of halogens is 1. The number of aliphatic hydroxyl groups excluding tert-OH is 1. The van der Waals surface area contributed by atoms with Gasteiger partial charge in [0.2, 0.25) is 0 Å². The molecule has 0 fully saturated rings. The molecule has 1 aromatic heterocycles. The van der Waals surface area contributed by atoms with Crippen LogP contribution in [0.3, 0.4) is 0 Å². The summed E-state index contributed by atoms with van der Waals surface area (Å²) in [6, 6.07) is 6.82. The number of aromatic nitrogens is 2. The summed E-state index contributed by atoms with van der Waals surface area (Å²) in [6.45, 7) is 3.73. The Morgan fingerprint density at radius 1 is 1.36 bits per heavy atom. The summed E-state index contributed by atoms with van der Waals surface area (Å²) in [7, 11) is 1.70. The summed E-state index contributed by atoms with van der Waals surface area (Å²) in [5, 5.41) is 16.5. The number of hydrogen-bond donors (Lipinski definition) is 2. The molecule has 2 aromatic rings. The van der Waals surface area contributed by atoms with Crippen LogP contribution in [0.5, 0.6) is 0 Å². The van der Waals surface area contributed by atoms with Crippen molar-refractivity contribution in [3.8, 4) is 0 Å². The summed E-state index contributed by atoms with van der Waals surface area (Å²) in [4.78, 5) is 12.4. The average Bonchev–Trinajstić information content (AvgIpc) is 2.88. The Labute approximate surface area is 128 Å². The van der Waals surface area contributed by atoms with Crippen LogP contribution >= 0.6 is 0 Å². The van der Waals surface area contributed by atoms with Gasteiger partial charge >= 0.3 is 0 Å². The Balaban J connectivity index is 2.17. The standard InChI is InChI=1S/C16H20FN3O2/c1-10(2)13-8-15(20(3)19-13)16(22)18-14(9-21)11-4-6-12(17)7-5-11/h4-8,10,14,21H,9H2,1-3H3,(H,18,22). The molecule has 0 aliphatic rings. The molecule has 0 saturated heterocycles. The molecule has 1 heterocycles. The van der Waals surface area contributed by atoms with Gasteiger partial charge in [-0.2, -0.15) is 5.10 Å². The van der Waals surface area contributed by atoms with Gasteiger partial charge in [-0.05, 0) is 29.7 Å². The van der Waals surface area contributed by atoms with Crippen molar-refractivity contribution in [2.24, 2.45) is 7.05 Å². The molecule has 2 rings (SSSR count). The average molecular weight is 305 g/mol. The van der Waals surface area contributed by atoms with Crippen LogP contribution in [0, 0.1) is 5.82 Å². The van der Waals surface area contributed by atoms with Crippen LogP contribution in [-0.4, -0.2) is 27.4 Å². The number of benzene rings is 1. The number of rotatable bonds is 5. The van der Waals surface area contributed by atoms with E-state index in [0.717, 1.165) is 5.69 Å². The van der Waals surface area contributed by atoms with Gasteiger partial charge in [0.05, 0.1) is 18.3 Å². The van der Waals surface area contributed by atoms with E-state index in [1.807, 2.05) is 13.8 Å². The van der Waals surface area contributed by atoms with E-state index < -0.39 is 6.04 Å². The highest BCUT2D eigenvalue weighted by Gasteiger charge is 2.19. The predicted molar refractivity (Wildman–Crippen MR) is 81.0 cm³/mol. The number of aliphatic hydroxyl groups is 1. The maximum absolute atomic E-state index is 13.0. The molecular formula is C16H20FN3O2. The van der Waals surface area contributed by atoms with Gasteiger partial charge in [-0.25, -0.2) is 4.39 Å². The third-order valence-corrected chi connectivity index (χ3v) is 3.48. The molecule has 5 nitrogen and oxygen atoms in total. The molecule has 0 radical (unpaired) electrons. The van der Waals surface area contributed by atoms with Crippen molar-refractivity contribution in [1.29, 1.82) is 0 Å². The van der Waals surface area contributed by atoms with Gasteiger partial charge in [0.1, 0.15) is 11.5 Å². The largest absolute Gasteiger partial charge is 0.394 e. The molecule has 0 saturated carbocycles. The first-order valence-electron chi connectivity index (χ1n) is 7.13. The Hall–Kier alpha value is -2.21. The third kappa shape index (κ3) is 3.51. The zero-order valence-corrected chi connectivity index (χ0v) is 12.9. The van der Waals surface area contributed by atoms with Crippen LogP contribution in [0.2, 0.25) is 0 Å². The zero-order valence-electron chi connectivity index (χ0n) is 12.9. The van der Waals surface area contributed by atoms with Crippen molar-refractivity contribution in [3.05, 3.63) is 53.1 Å². The predicted octanol–water partition coefficient (Wildman–Crippen LogP) is 2.15. The van der Waals surface area contributed by atoms with Gasteiger partial charge < -0.3 is 10.4 Å². The molecule has 1 aromatic carbocycles. The maximum atomic E-state index is 13.0. The first-order chi connectivity index (χ1) is 10.4. The number of nitrogens with zero attached hydrogens (tertiary/aromatic N) is 2. The lowest BCUT2D eigenvalue weighted by Crippen LogP contribution is -2.32. The van der Waals surface area contributed by atoms with Crippen LogP contribution < -0.4 is 5.32 Å². The Morgan fingerprint density at radius 2 is 2.00 bits per heavy atom. The fourth-order valence-electron chi connectivity index (χ4n) is 2.15. The zero-order chi connectivity index (χ0) is 16.3. The van der Waals surface area contributed by atoms with Crippen molar-refractivity contribution in [1.82, 2.24) is 15.1 Å². The molecule has 0 bridgehead atoms. The van der Waals surface area contributed by atoms with Crippen molar-refractivity contribution in [3.63, 3.8) is 0 Å². The third-order valence-electron chi connectivity index (χ3n) is 3.48. The van der Waals surface area contributed by atoms with E-state index in [0.29, 0.717) is 11.3 Å². The lowest BCUT2D eigenvalue weighted by atomic mass is 10.1. The molecule has 22 heavy (non-hydrogen) atoms. The second-order valence-corrected chi connectivity index (χ2v) is 5.49. The molecular weight excluding hydrogens is 285 g/mol. The number of nitrogens with one attached hydrogen (secondary N) is 1. The lowest BCUT2D eigenvalue weighted by molar-refractivity contribution is 0.0906. The van der Waals surface area contributed by atoms with E-state index >= 15 is 0 Å². The minimum Gasteiger partial charge on any atom is -0.394 e. The molecule has 0 aliphatic carbocycles. The Kier molecular flexibility index (Phi) is 4.92. The number of aryl methyl sites for hydroxylation is 1. The van der Waals surface area contributed by atoms with Gasteiger partial charge in [0.25, 0.3) is 5.91 Å². The molecule has 118 valence electrons. The van der Waals surface area contributed by atoms with Crippen molar-refractivity contribution in [2.45, 2.75) is 25.8 Å². The Morgan fingerprint density at radius 3 is 2.50 bits per heavy atom. The number of amides is 1. The molecule has 1 amide bonds. The number of carbonyl (C=O) groups is 1. The van der Waals surface area contributed by atoms with Crippen LogP contribution in [0.1, 0.15) is 47.6 Å². The Bertz CT molecular complexity index is 650. The van der Waals surface area contributed by atoms with Crippen molar-refractivity contribution < 1.29 is 14.3 Å². The van der Waals surface area contributed by atoms with Gasteiger partial charge in [-0.1, -0.05) is 26.0 Å². The van der Waals surface area contributed by atoms with E-state index in [1.165, 1.54) is 16.8 Å². The molecule has 0 aliphatic heterocycles. The normalized spacial score (nSPS) is 12.5. The topological polar surface area (TPSA) is 67.2 Å². The number of hydrogen-bond acceptors (Lipinski definition) is 3. The molecule has 1 unspecified atom stereocenters. The molecule has 1 atom stereocenters.